The van der Waals surface area contributed by atoms with Crippen molar-refractivity contribution >= 4 is 55.0 Å². The van der Waals surface area contributed by atoms with Crippen LogP contribution in [0.3, 0.4) is 0 Å². The number of fused-ring (bicyclic) bond motifs is 6. The molecular formula is C47H33N. The van der Waals surface area contributed by atoms with Crippen LogP contribution in [0.4, 0.5) is 0 Å². The van der Waals surface area contributed by atoms with Gasteiger partial charge in [0, 0.05) is 16.5 Å². The van der Waals surface area contributed by atoms with Gasteiger partial charge in [-0.05, 0) is 97.3 Å². The fraction of sp³-hybridized carbons (Fsp3) is 0.0213. The predicted octanol–water partition coefficient (Wildman–Crippen LogP) is 12.5. The van der Waals surface area contributed by atoms with E-state index in [2.05, 4.69) is 187 Å². The van der Waals surface area contributed by atoms with Gasteiger partial charge in [-0.15, -0.1) is 0 Å². The first-order chi connectivity index (χ1) is 23.7. The predicted molar refractivity (Wildman–Crippen MR) is 207 cm³/mol. The molecule has 0 atom stereocenters. The molecule has 0 unspecified atom stereocenters. The highest BCUT2D eigenvalue weighted by Gasteiger charge is 2.19. The van der Waals surface area contributed by atoms with E-state index in [1.807, 2.05) is 0 Å². The SMILES string of the molecule is C=C1C=C(c2c3ccccc3c(-c3ccc4c5ccccc5n(-c5ccccc5)c4c3)c3ccccc23)/C=C\Cc2ccccc2/C=C\1. The van der Waals surface area contributed by atoms with Crippen LogP contribution in [0.2, 0.25) is 0 Å². The van der Waals surface area contributed by atoms with E-state index >= 15 is 0 Å². The second-order valence-electron chi connectivity index (χ2n) is 12.6. The monoisotopic (exact) mass is 611 g/mol. The number of hydrogen-bond donors (Lipinski definition) is 0. The number of nitrogens with zero attached hydrogens (tertiary/aromatic N) is 1. The Balaban J connectivity index is 1.31. The molecule has 0 spiro atoms. The van der Waals surface area contributed by atoms with Crippen molar-refractivity contribution in [1.82, 2.24) is 4.57 Å². The average molecular weight is 612 g/mol. The molecule has 1 aromatic heterocycles. The normalized spacial score (nSPS) is 14.7. The van der Waals surface area contributed by atoms with Gasteiger partial charge in [-0.3, -0.25) is 0 Å². The first-order valence-electron chi connectivity index (χ1n) is 16.6. The topological polar surface area (TPSA) is 4.93 Å². The van der Waals surface area contributed by atoms with Crippen LogP contribution in [-0.4, -0.2) is 4.57 Å². The maximum absolute atomic E-state index is 4.44. The van der Waals surface area contributed by atoms with E-state index < -0.39 is 0 Å². The highest BCUT2D eigenvalue weighted by molar-refractivity contribution is 6.20. The van der Waals surface area contributed by atoms with E-state index in [1.54, 1.807) is 0 Å². The van der Waals surface area contributed by atoms with Gasteiger partial charge in [0.1, 0.15) is 0 Å². The first kappa shape index (κ1) is 28.1. The summed E-state index contributed by atoms with van der Waals surface area (Å²) in [5.74, 6) is 0. The maximum atomic E-state index is 4.44. The van der Waals surface area contributed by atoms with Gasteiger partial charge < -0.3 is 4.57 Å². The zero-order chi connectivity index (χ0) is 32.0. The first-order valence-corrected chi connectivity index (χ1v) is 16.6. The highest BCUT2D eigenvalue weighted by Crippen LogP contribution is 2.44. The van der Waals surface area contributed by atoms with Gasteiger partial charge in [-0.25, -0.2) is 0 Å². The summed E-state index contributed by atoms with van der Waals surface area (Å²) in [7, 11) is 0. The van der Waals surface area contributed by atoms with Crippen LogP contribution >= 0.6 is 0 Å². The summed E-state index contributed by atoms with van der Waals surface area (Å²) in [6.45, 7) is 4.44. The fourth-order valence-corrected chi connectivity index (χ4v) is 7.58. The molecule has 0 saturated heterocycles. The number of rotatable bonds is 3. The van der Waals surface area contributed by atoms with Crippen molar-refractivity contribution in [2.45, 2.75) is 6.42 Å². The maximum Gasteiger partial charge on any atom is 0.0547 e. The summed E-state index contributed by atoms with van der Waals surface area (Å²) in [6, 6.07) is 52.8. The second-order valence-corrected chi connectivity index (χ2v) is 12.6. The summed E-state index contributed by atoms with van der Waals surface area (Å²) in [5, 5.41) is 7.48. The Hall–Kier alpha value is -6.18. The number of aromatic nitrogens is 1. The van der Waals surface area contributed by atoms with E-state index in [0.29, 0.717) is 0 Å². The highest BCUT2D eigenvalue weighted by atomic mass is 15.0. The molecule has 0 saturated carbocycles. The van der Waals surface area contributed by atoms with Crippen LogP contribution in [0.25, 0.3) is 71.8 Å². The van der Waals surface area contributed by atoms with Gasteiger partial charge in [-0.1, -0.05) is 152 Å². The van der Waals surface area contributed by atoms with Gasteiger partial charge >= 0.3 is 0 Å². The third kappa shape index (κ3) is 4.63. The minimum atomic E-state index is 0.869. The standard InChI is InChI=1S/C47H33N/c1-32-26-27-34-15-6-5-14-33(34)16-13-17-35(30-32)46-40-21-7-9-23-42(40)47(43-24-10-8-22-41(43)46)36-28-29-39-38-20-11-12-25-44(38)48(45(39)31-36)37-18-3-2-4-19-37/h2-15,17-31H,1,16H2/b17-13-,27-26-,35-30?. The summed E-state index contributed by atoms with van der Waals surface area (Å²) >= 11 is 0. The summed E-state index contributed by atoms with van der Waals surface area (Å²) in [5.41, 5.74) is 12.0. The van der Waals surface area contributed by atoms with Gasteiger partial charge in [0.05, 0.1) is 11.0 Å². The number of allylic oxidation sites excluding steroid dienone is 6. The van der Waals surface area contributed by atoms with Crippen LogP contribution < -0.4 is 0 Å². The molecule has 9 rings (SSSR count). The largest absolute Gasteiger partial charge is 0.309 e. The smallest absolute Gasteiger partial charge is 0.0547 e. The molecule has 8 aromatic rings. The summed E-state index contributed by atoms with van der Waals surface area (Å²) < 4.78 is 2.40. The molecule has 1 heteroatoms. The fourth-order valence-electron chi connectivity index (χ4n) is 7.58. The van der Waals surface area contributed by atoms with Crippen molar-refractivity contribution in [3.63, 3.8) is 0 Å². The molecule has 0 radical (unpaired) electrons. The number of benzene rings is 7. The molecule has 0 N–H and O–H groups in total. The molecule has 0 amide bonds. The van der Waals surface area contributed by atoms with Gasteiger partial charge in [-0.2, -0.15) is 0 Å². The lowest BCUT2D eigenvalue weighted by molar-refractivity contribution is 1.18. The van der Waals surface area contributed by atoms with Crippen molar-refractivity contribution in [2.24, 2.45) is 0 Å². The lowest BCUT2D eigenvalue weighted by Crippen LogP contribution is -1.95. The molecule has 1 aliphatic carbocycles. The molecule has 1 nitrogen and oxygen atoms in total. The van der Waals surface area contributed by atoms with Crippen molar-refractivity contribution in [1.29, 1.82) is 0 Å². The molecule has 0 fully saturated rings. The van der Waals surface area contributed by atoms with E-state index in [0.717, 1.165) is 17.7 Å². The Morgan fingerprint density at radius 2 is 1.08 bits per heavy atom. The molecule has 7 aromatic carbocycles. The molecule has 1 heterocycles. The van der Waals surface area contributed by atoms with E-state index in [1.165, 1.54) is 76.7 Å². The van der Waals surface area contributed by atoms with Crippen LogP contribution in [0.15, 0.2) is 182 Å². The molecule has 0 aliphatic heterocycles. The molecular weight excluding hydrogens is 579 g/mol. The molecule has 226 valence electrons. The van der Waals surface area contributed by atoms with Gasteiger partial charge in [0.15, 0.2) is 0 Å². The molecule has 1 aliphatic rings. The molecule has 48 heavy (non-hydrogen) atoms. The average Bonchev–Trinajstić information content (AvgIpc) is 3.47. The minimum absolute atomic E-state index is 0.869. The van der Waals surface area contributed by atoms with E-state index in [-0.39, 0.29) is 0 Å². The Labute approximate surface area is 280 Å². The zero-order valence-electron chi connectivity index (χ0n) is 26.6. The Morgan fingerprint density at radius 3 is 1.83 bits per heavy atom. The van der Waals surface area contributed by atoms with Crippen molar-refractivity contribution in [2.75, 3.05) is 0 Å². The lowest BCUT2D eigenvalue weighted by Gasteiger charge is -2.19. The van der Waals surface area contributed by atoms with Gasteiger partial charge in [0.2, 0.25) is 0 Å². The third-order valence-electron chi connectivity index (χ3n) is 9.71. The van der Waals surface area contributed by atoms with Gasteiger partial charge in [0.25, 0.3) is 0 Å². The van der Waals surface area contributed by atoms with E-state index in [9.17, 15) is 0 Å². The van der Waals surface area contributed by atoms with Crippen molar-refractivity contribution in [3.8, 4) is 16.8 Å². The van der Waals surface area contributed by atoms with E-state index in [4.69, 9.17) is 0 Å². The van der Waals surface area contributed by atoms with Crippen LogP contribution in [-0.2, 0) is 6.42 Å². The van der Waals surface area contributed by atoms with Crippen LogP contribution in [0.5, 0.6) is 0 Å². The van der Waals surface area contributed by atoms with Crippen LogP contribution in [0.1, 0.15) is 16.7 Å². The summed E-state index contributed by atoms with van der Waals surface area (Å²) in [6.07, 6.45) is 12.0. The number of hydrogen-bond acceptors (Lipinski definition) is 0. The Kier molecular flexibility index (Phi) is 6.76. The molecule has 0 bridgehead atoms. The van der Waals surface area contributed by atoms with Crippen molar-refractivity contribution < 1.29 is 0 Å². The Morgan fingerprint density at radius 1 is 0.479 bits per heavy atom. The summed E-state index contributed by atoms with van der Waals surface area (Å²) in [4.78, 5) is 0. The minimum Gasteiger partial charge on any atom is -0.309 e. The second kappa shape index (κ2) is 11.6. The number of para-hydroxylation sites is 2. The Bertz CT molecular complexity index is 2590. The quantitative estimate of drug-likeness (QED) is 0.175. The van der Waals surface area contributed by atoms with Crippen LogP contribution in [0, 0.1) is 0 Å². The third-order valence-corrected chi connectivity index (χ3v) is 9.71. The lowest BCUT2D eigenvalue weighted by atomic mass is 9.85. The zero-order valence-corrected chi connectivity index (χ0v) is 26.6. The van der Waals surface area contributed by atoms with Crippen molar-refractivity contribution in [3.05, 3.63) is 199 Å².